The molecule has 5 heteroatoms. The molecule has 1 atom stereocenters. The first-order valence-corrected chi connectivity index (χ1v) is 9.38. The van der Waals surface area contributed by atoms with E-state index in [2.05, 4.69) is 0 Å². The van der Waals surface area contributed by atoms with Crippen LogP contribution in [-0.4, -0.2) is 41.5 Å². The summed E-state index contributed by atoms with van der Waals surface area (Å²) >= 11 is 7.57. The van der Waals surface area contributed by atoms with Crippen LogP contribution in [0.25, 0.3) is 0 Å². The second-order valence-electron chi connectivity index (χ2n) is 5.56. The average Bonchev–Trinajstić information content (AvgIpc) is 2.80. The van der Waals surface area contributed by atoms with Crippen LogP contribution >= 0.6 is 23.4 Å². The fourth-order valence-electron chi connectivity index (χ4n) is 2.56. The number of nitrogens with zero attached hydrogens (tertiary/aromatic N) is 1. The minimum absolute atomic E-state index is 0.000983. The summed E-state index contributed by atoms with van der Waals surface area (Å²) in [4.78, 5) is 14.4. The third-order valence-corrected chi connectivity index (χ3v) is 5.12. The summed E-state index contributed by atoms with van der Waals surface area (Å²) in [6.07, 6.45) is 4.78. The maximum absolute atomic E-state index is 12.4. The van der Waals surface area contributed by atoms with Crippen LogP contribution in [0.1, 0.15) is 32.6 Å². The molecule has 1 fully saturated rings. The zero-order chi connectivity index (χ0) is 15.8. The zero-order valence-corrected chi connectivity index (χ0v) is 14.7. The van der Waals surface area contributed by atoms with Gasteiger partial charge in [-0.1, -0.05) is 30.5 Å². The van der Waals surface area contributed by atoms with Crippen LogP contribution < -0.4 is 4.74 Å². The van der Waals surface area contributed by atoms with Gasteiger partial charge in [-0.3, -0.25) is 4.79 Å². The van der Waals surface area contributed by atoms with E-state index in [-0.39, 0.29) is 11.2 Å². The van der Waals surface area contributed by atoms with E-state index in [9.17, 15) is 4.79 Å². The van der Waals surface area contributed by atoms with Crippen molar-refractivity contribution >= 4 is 29.3 Å². The van der Waals surface area contributed by atoms with E-state index in [1.165, 1.54) is 12.8 Å². The van der Waals surface area contributed by atoms with Crippen molar-refractivity contribution in [1.29, 1.82) is 0 Å². The molecule has 0 bridgehead atoms. The summed E-state index contributed by atoms with van der Waals surface area (Å²) in [6.45, 7) is 4.42. The summed E-state index contributed by atoms with van der Waals surface area (Å²) in [5.41, 5.74) is 0. The van der Waals surface area contributed by atoms with E-state index in [1.54, 1.807) is 17.8 Å². The topological polar surface area (TPSA) is 29.5 Å². The maximum atomic E-state index is 12.4. The number of likely N-dealkylation sites (tertiary alicyclic amines) is 1. The number of hydrogen-bond donors (Lipinski definition) is 0. The number of carbonyl (C=O) groups is 1. The van der Waals surface area contributed by atoms with Gasteiger partial charge in [0.15, 0.2) is 0 Å². The molecule has 1 heterocycles. The summed E-state index contributed by atoms with van der Waals surface area (Å²) in [7, 11) is 0. The molecular weight excluding hydrogens is 318 g/mol. The molecule has 0 N–H and O–H groups in total. The van der Waals surface area contributed by atoms with E-state index < -0.39 is 0 Å². The fourth-order valence-corrected chi connectivity index (χ4v) is 3.57. The Bertz CT molecular complexity index is 475. The highest BCUT2D eigenvalue weighted by molar-refractivity contribution is 8.00. The average molecular weight is 342 g/mol. The van der Waals surface area contributed by atoms with Gasteiger partial charge >= 0.3 is 0 Å². The number of hydrogen-bond acceptors (Lipinski definition) is 3. The zero-order valence-electron chi connectivity index (χ0n) is 13.1. The Hall–Kier alpha value is -0.870. The molecule has 1 aromatic rings. The Morgan fingerprint density at radius 2 is 2.05 bits per heavy atom. The molecular formula is C17H24ClNO2S. The molecule has 1 unspecified atom stereocenters. The molecule has 0 aromatic heterocycles. The molecule has 1 aliphatic rings. The van der Waals surface area contributed by atoms with E-state index >= 15 is 0 Å². The first-order chi connectivity index (χ1) is 10.7. The monoisotopic (exact) mass is 341 g/mol. The highest BCUT2D eigenvalue weighted by Gasteiger charge is 2.21. The molecule has 2 rings (SSSR count). The number of benzene rings is 1. The Morgan fingerprint density at radius 1 is 1.32 bits per heavy atom. The number of carbonyl (C=O) groups excluding carboxylic acids is 1. The predicted octanol–water partition coefficient (Wildman–Crippen LogP) is 4.24. The summed E-state index contributed by atoms with van der Waals surface area (Å²) < 4.78 is 5.65. The van der Waals surface area contributed by atoms with Crippen molar-refractivity contribution < 1.29 is 9.53 Å². The molecule has 0 radical (unpaired) electrons. The van der Waals surface area contributed by atoms with E-state index in [0.717, 1.165) is 37.4 Å². The molecule has 0 saturated carbocycles. The van der Waals surface area contributed by atoms with Gasteiger partial charge in [0.05, 0.1) is 11.9 Å². The SMILES string of the molecule is CC(SCCOc1cccc(Cl)c1)C(=O)N1CCCCCC1. The van der Waals surface area contributed by atoms with Gasteiger partial charge in [0.1, 0.15) is 5.75 Å². The lowest BCUT2D eigenvalue weighted by molar-refractivity contribution is -0.130. The van der Waals surface area contributed by atoms with Gasteiger partial charge < -0.3 is 9.64 Å². The smallest absolute Gasteiger partial charge is 0.235 e. The van der Waals surface area contributed by atoms with E-state index in [1.807, 2.05) is 30.0 Å². The number of rotatable bonds is 6. The molecule has 3 nitrogen and oxygen atoms in total. The van der Waals surface area contributed by atoms with Gasteiger partial charge in [-0.25, -0.2) is 0 Å². The minimum Gasteiger partial charge on any atom is -0.493 e. The summed E-state index contributed by atoms with van der Waals surface area (Å²) in [5.74, 6) is 1.85. The van der Waals surface area contributed by atoms with Crippen molar-refractivity contribution in [3.8, 4) is 5.75 Å². The summed E-state index contributed by atoms with van der Waals surface area (Å²) in [5, 5.41) is 0.677. The van der Waals surface area contributed by atoms with Crippen LogP contribution in [0.15, 0.2) is 24.3 Å². The molecule has 122 valence electrons. The quantitative estimate of drug-likeness (QED) is 0.725. The van der Waals surface area contributed by atoms with Crippen LogP contribution in [0, 0.1) is 0 Å². The predicted molar refractivity (Wildman–Crippen MR) is 93.9 cm³/mol. The molecule has 0 spiro atoms. The number of thioether (sulfide) groups is 1. The largest absolute Gasteiger partial charge is 0.493 e. The van der Waals surface area contributed by atoms with Crippen LogP contribution in [0.3, 0.4) is 0 Å². The number of halogens is 1. The van der Waals surface area contributed by atoms with Crippen molar-refractivity contribution in [3.63, 3.8) is 0 Å². The highest BCUT2D eigenvalue weighted by Crippen LogP contribution is 2.19. The van der Waals surface area contributed by atoms with Gasteiger partial charge in [0, 0.05) is 23.9 Å². The van der Waals surface area contributed by atoms with E-state index in [4.69, 9.17) is 16.3 Å². The molecule has 22 heavy (non-hydrogen) atoms. The van der Waals surface area contributed by atoms with Gasteiger partial charge in [0.25, 0.3) is 0 Å². The molecule has 1 amide bonds. The Morgan fingerprint density at radius 3 is 2.73 bits per heavy atom. The van der Waals surface area contributed by atoms with Crippen molar-refractivity contribution in [2.45, 2.75) is 37.9 Å². The van der Waals surface area contributed by atoms with Crippen molar-refractivity contribution in [2.24, 2.45) is 0 Å². The first-order valence-electron chi connectivity index (χ1n) is 7.95. The second kappa shape index (κ2) is 9.31. The van der Waals surface area contributed by atoms with Gasteiger partial charge in [-0.15, -0.1) is 11.8 Å². The fraction of sp³-hybridized carbons (Fsp3) is 0.588. The maximum Gasteiger partial charge on any atom is 0.235 e. The van der Waals surface area contributed by atoms with Crippen LogP contribution in [0.4, 0.5) is 0 Å². The van der Waals surface area contributed by atoms with E-state index in [0.29, 0.717) is 11.6 Å². The summed E-state index contributed by atoms with van der Waals surface area (Å²) in [6, 6.07) is 7.39. The number of amides is 1. The van der Waals surface area contributed by atoms with Crippen LogP contribution in [0.2, 0.25) is 5.02 Å². The van der Waals surface area contributed by atoms with Gasteiger partial charge in [0.2, 0.25) is 5.91 Å². The van der Waals surface area contributed by atoms with Crippen LogP contribution in [0.5, 0.6) is 5.75 Å². The third-order valence-electron chi connectivity index (χ3n) is 3.78. The normalized spacial score (nSPS) is 16.9. The Balaban J connectivity index is 1.68. The minimum atomic E-state index is 0.000983. The lowest BCUT2D eigenvalue weighted by Gasteiger charge is -2.23. The van der Waals surface area contributed by atoms with Crippen LogP contribution in [-0.2, 0) is 4.79 Å². The standard InChI is InChI=1S/C17H24ClNO2S/c1-14(17(20)19-9-4-2-3-5-10-19)22-12-11-21-16-8-6-7-15(18)13-16/h6-8,13-14H,2-5,9-12H2,1H3. The second-order valence-corrected chi connectivity index (χ2v) is 7.44. The van der Waals surface area contributed by atoms with Crippen molar-refractivity contribution in [2.75, 3.05) is 25.4 Å². The Kier molecular flexibility index (Phi) is 7.40. The van der Waals surface area contributed by atoms with Gasteiger partial charge in [-0.05, 0) is 38.0 Å². The lowest BCUT2D eigenvalue weighted by Crippen LogP contribution is -2.37. The van der Waals surface area contributed by atoms with Gasteiger partial charge in [-0.2, -0.15) is 0 Å². The number of ether oxygens (including phenoxy) is 1. The molecule has 1 aliphatic heterocycles. The van der Waals surface area contributed by atoms with Crippen molar-refractivity contribution in [3.05, 3.63) is 29.3 Å². The lowest BCUT2D eigenvalue weighted by atomic mass is 10.2. The molecule has 0 aliphatic carbocycles. The Labute approximate surface area is 142 Å². The van der Waals surface area contributed by atoms with Crippen molar-refractivity contribution in [1.82, 2.24) is 4.90 Å². The molecule has 1 saturated heterocycles. The first kappa shape index (κ1) is 17.5. The third kappa shape index (κ3) is 5.73. The molecule has 1 aromatic carbocycles. The highest BCUT2D eigenvalue weighted by atomic mass is 35.5.